The number of aryl methyl sites for hydroxylation is 2. The molecule has 2 N–H and O–H groups in total. The number of fused-ring (bicyclic) bond motifs is 2. The summed E-state index contributed by atoms with van der Waals surface area (Å²) < 4.78 is 2.91. The van der Waals surface area contributed by atoms with E-state index in [1.54, 1.807) is 29.8 Å². The van der Waals surface area contributed by atoms with E-state index in [0.29, 0.717) is 23.0 Å². The first kappa shape index (κ1) is 17.3. The largest absolute Gasteiger partial charge is 0.345 e. The van der Waals surface area contributed by atoms with Crippen LogP contribution in [0, 0.1) is 0 Å². The van der Waals surface area contributed by atoms with Crippen molar-refractivity contribution in [3.05, 3.63) is 62.1 Å². The molecule has 140 valence electrons. The van der Waals surface area contributed by atoms with Crippen LogP contribution in [0.3, 0.4) is 0 Å². The molecule has 3 aromatic rings. The molecule has 0 saturated carbocycles. The number of rotatable bonds is 3. The van der Waals surface area contributed by atoms with Crippen LogP contribution in [0.4, 0.5) is 0 Å². The topological polar surface area (TPSA) is 102 Å². The lowest BCUT2D eigenvalue weighted by Gasteiger charge is -2.22. The Labute approximate surface area is 154 Å². The molecule has 4 rings (SSSR count). The molecular weight excluding hydrogens is 346 g/mol. The zero-order valence-electron chi connectivity index (χ0n) is 15.3. The smallest absolute Gasteiger partial charge is 0.328 e. The number of hydrogen-bond acceptors (Lipinski definition) is 4. The number of hydrogen-bond donors (Lipinski definition) is 2. The SMILES string of the molecule is CCn1c(=O)[nH]c2cc(C(=O)NC3CCCc4nn(C)cc43)ccc2c1=O. The molecular formula is C19H21N5O3. The number of aromatic nitrogens is 4. The average Bonchev–Trinajstić information content (AvgIpc) is 3.03. The van der Waals surface area contributed by atoms with Crippen molar-refractivity contribution in [3.63, 3.8) is 0 Å². The monoisotopic (exact) mass is 367 g/mol. The van der Waals surface area contributed by atoms with Crippen molar-refractivity contribution in [2.75, 3.05) is 0 Å². The van der Waals surface area contributed by atoms with Crippen LogP contribution in [0.2, 0.25) is 0 Å². The number of nitrogens with zero attached hydrogens (tertiary/aromatic N) is 3. The van der Waals surface area contributed by atoms with Crippen LogP contribution in [0.5, 0.6) is 0 Å². The minimum absolute atomic E-state index is 0.0854. The minimum Gasteiger partial charge on any atom is -0.345 e. The molecule has 0 spiro atoms. The van der Waals surface area contributed by atoms with Gasteiger partial charge in [0.2, 0.25) is 0 Å². The van der Waals surface area contributed by atoms with Gasteiger partial charge in [0.1, 0.15) is 0 Å². The summed E-state index contributed by atoms with van der Waals surface area (Å²) in [7, 11) is 1.87. The normalized spacial score (nSPS) is 16.3. The molecule has 2 aromatic heterocycles. The molecule has 2 heterocycles. The van der Waals surface area contributed by atoms with Crippen molar-refractivity contribution in [2.45, 2.75) is 38.8 Å². The minimum atomic E-state index is -0.472. The first-order chi connectivity index (χ1) is 13.0. The number of nitrogens with one attached hydrogen (secondary N) is 2. The zero-order valence-corrected chi connectivity index (χ0v) is 15.3. The number of H-pyrrole nitrogens is 1. The lowest BCUT2D eigenvalue weighted by Crippen LogP contribution is -2.34. The number of benzene rings is 1. The van der Waals surface area contributed by atoms with Gasteiger partial charge in [0, 0.05) is 30.9 Å². The Hall–Kier alpha value is -3.16. The molecule has 1 aliphatic carbocycles. The average molecular weight is 367 g/mol. The fraction of sp³-hybridized carbons (Fsp3) is 0.368. The van der Waals surface area contributed by atoms with Crippen molar-refractivity contribution in [1.29, 1.82) is 0 Å². The van der Waals surface area contributed by atoms with E-state index >= 15 is 0 Å². The standard InChI is InChI=1S/C19H21N5O3/c1-3-24-18(26)12-8-7-11(9-16(12)21-19(24)27)17(25)20-14-5-4-6-15-13(14)10-23(2)22-15/h7-10,14H,3-6H2,1-2H3,(H,20,25)(H,21,27). The summed E-state index contributed by atoms with van der Waals surface area (Å²) in [5.41, 5.74) is 2.03. The van der Waals surface area contributed by atoms with Gasteiger partial charge in [-0.1, -0.05) is 0 Å². The molecule has 0 bridgehead atoms. The van der Waals surface area contributed by atoms with Crippen molar-refractivity contribution in [3.8, 4) is 0 Å². The highest BCUT2D eigenvalue weighted by Crippen LogP contribution is 2.29. The van der Waals surface area contributed by atoms with Crippen LogP contribution in [0.1, 0.15) is 47.4 Å². The van der Waals surface area contributed by atoms with Gasteiger partial charge >= 0.3 is 5.69 Å². The molecule has 0 saturated heterocycles. The molecule has 1 atom stereocenters. The third-order valence-corrected chi connectivity index (χ3v) is 5.09. The molecule has 0 fully saturated rings. The van der Waals surface area contributed by atoms with E-state index in [2.05, 4.69) is 15.4 Å². The second-order valence-electron chi connectivity index (χ2n) is 6.86. The number of carbonyl (C=O) groups excluding carboxylic acids is 1. The Morgan fingerprint density at radius 1 is 1.37 bits per heavy atom. The Balaban J connectivity index is 1.66. The van der Waals surface area contributed by atoms with Gasteiger partial charge in [-0.25, -0.2) is 4.79 Å². The quantitative estimate of drug-likeness (QED) is 0.727. The molecule has 27 heavy (non-hydrogen) atoms. The van der Waals surface area contributed by atoms with Crippen molar-refractivity contribution in [2.24, 2.45) is 7.05 Å². The van der Waals surface area contributed by atoms with Crippen molar-refractivity contribution < 1.29 is 4.79 Å². The maximum atomic E-state index is 12.8. The predicted molar refractivity (Wildman–Crippen MR) is 101 cm³/mol. The van der Waals surface area contributed by atoms with E-state index in [0.717, 1.165) is 35.1 Å². The summed E-state index contributed by atoms with van der Waals surface area (Å²) in [6.45, 7) is 2.03. The highest BCUT2D eigenvalue weighted by Gasteiger charge is 2.25. The molecule has 8 nitrogen and oxygen atoms in total. The van der Waals surface area contributed by atoms with E-state index in [4.69, 9.17) is 0 Å². The van der Waals surface area contributed by atoms with Crippen molar-refractivity contribution >= 4 is 16.8 Å². The number of aromatic amines is 1. The highest BCUT2D eigenvalue weighted by molar-refractivity contribution is 5.97. The van der Waals surface area contributed by atoms with Gasteiger partial charge in [0.05, 0.1) is 22.6 Å². The van der Waals surface area contributed by atoms with Crippen LogP contribution < -0.4 is 16.6 Å². The van der Waals surface area contributed by atoms with Crippen LogP contribution in [-0.2, 0) is 20.0 Å². The lowest BCUT2D eigenvalue weighted by molar-refractivity contribution is 0.0933. The molecule has 8 heteroatoms. The van der Waals surface area contributed by atoms with Gasteiger partial charge in [-0.2, -0.15) is 5.10 Å². The second kappa shape index (κ2) is 6.53. The van der Waals surface area contributed by atoms with Gasteiger partial charge in [-0.3, -0.25) is 18.8 Å². The van der Waals surface area contributed by atoms with Gasteiger partial charge in [0.15, 0.2) is 0 Å². The summed E-state index contributed by atoms with van der Waals surface area (Å²) in [5.74, 6) is -0.237. The Morgan fingerprint density at radius 3 is 2.96 bits per heavy atom. The first-order valence-electron chi connectivity index (χ1n) is 9.08. The molecule has 0 radical (unpaired) electrons. The van der Waals surface area contributed by atoms with Crippen LogP contribution in [-0.4, -0.2) is 25.2 Å². The fourth-order valence-electron chi connectivity index (χ4n) is 3.74. The molecule has 0 aliphatic heterocycles. The number of carbonyl (C=O) groups is 1. The van der Waals surface area contributed by atoms with E-state index in [1.165, 1.54) is 0 Å². The molecule has 1 aliphatic rings. The Morgan fingerprint density at radius 2 is 2.19 bits per heavy atom. The zero-order chi connectivity index (χ0) is 19.1. The maximum absolute atomic E-state index is 12.8. The van der Waals surface area contributed by atoms with Gasteiger partial charge in [-0.15, -0.1) is 0 Å². The first-order valence-corrected chi connectivity index (χ1v) is 9.08. The van der Waals surface area contributed by atoms with Gasteiger partial charge < -0.3 is 10.3 Å². The summed E-state index contributed by atoms with van der Waals surface area (Å²) in [6, 6.07) is 4.67. The van der Waals surface area contributed by atoms with E-state index in [1.807, 2.05) is 13.2 Å². The van der Waals surface area contributed by atoms with E-state index in [9.17, 15) is 14.4 Å². The number of amides is 1. The lowest BCUT2D eigenvalue weighted by atomic mass is 9.93. The third-order valence-electron chi connectivity index (χ3n) is 5.09. The summed E-state index contributed by atoms with van der Waals surface area (Å²) in [5, 5.41) is 7.89. The Bertz CT molecular complexity index is 1150. The third kappa shape index (κ3) is 2.97. The van der Waals surface area contributed by atoms with E-state index < -0.39 is 5.69 Å². The van der Waals surface area contributed by atoms with Gasteiger partial charge in [0.25, 0.3) is 11.5 Å². The summed E-state index contributed by atoms with van der Waals surface area (Å²) in [6.07, 6.45) is 4.70. The molecule has 1 amide bonds. The van der Waals surface area contributed by atoms with Crippen LogP contribution in [0.25, 0.3) is 10.9 Å². The molecule has 1 aromatic carbocycles. The predicted octanol–water partition coefficient (Wildman–Crippen LogP) is 1.25. The summed E-state index contributed by atoms with van der Waals surface area (Å²) in [4.78, 5) is 39.8. The second-order valence-corrected chi connectivity index (χ2v) is 6.86. The van der Waals surface area contributed by atoms with Crippen LogP contribution in [0.15, 0.2) is 34.0 Å². The Kier molecular flexibility index (Phi) is 4.18. The summed E-state index contributed by atoms with van der Waals surface area (Å²) >= 11 is 0. The highest BCUT2D eigenvalue weighted by atomic mass is 16.2. The fourth-order valence-corrected chi connectivity index (χ4v) is 3.74. The molecule has 1 unspecified atom stereocenters. The van der Waals surface area contributed by atoms with Crippen LogP contribution >= 0.6 is 0 Å². The van der Waals surface area contributed by atoms with Gasteiger partial charge in [-0.05, 0) is 44.4 Å². The van der Waals surface area contributed by atoms with E-state index in [-0.39, 0.29) is 17.5 Å². The maximum Gasteiger partial charge on any atom is 0.328 e. The van der Waals surface area contributed by atoms with Crippen molar-refractivity contribution in [1.82, 2.24) is 24.6 Å².